The Labute approximate surface area is 124 Å². The third kappa shape index (κ3) is 2.42. The fourth-order valence-corrected chi connectivity index (χ4v) is 3.65. The monoisotopic (exact) mass is 284 g/mol. The summed E-state index contributed by atoms with van der Waals surface area (Å²) in [4.78, 5) is 2.46. The summed E-state index contributed by atoms with van der Waals surface area (Å²) in [5.74, 6) is 0. The number of ether oxygens (including phenoxy) is 1. The summed E-state index contributed by atoms with van der Waals surface area (Å²) >= 11 is 0. The quantitative estimate of drug-likeness (QED) is 0.848. The zero-order chi connectivity index (χ0) is 14.1. The molecule has 0 N–H and O–H groups in total. The molecule has 2 aliphatic heterocycles. The van der Waals surface area contributed by atoms with Gasteiger partial charge in [-0.1, -0.05) is 18.2 Å². The number of aromatic nitrogens is 3. The number of piperidine rings is 1. The normalized spacial score (nSPS) is 29.1. The highest BCUT2D eigenvalue weighted by atomic mass is 16.5. The van der Waals surface area contributed by atoms with Gasteiger partial charge in [0.15, 0.2) is 0 Å². The highest BCUT2D eigenvalue weighted by molar-refractivity contribution is 5.47. The predicted molar refractivity (Wildman–Crippen MR) is 80.2 cm³/mol. The van der Waals surface area contributed by atoms with E-state index in [-0.39, 0.29) is 5.60 Å². The lowest BCUT2D eigenvalue weighted by Crippen LogP contribution is -2.48. The first-order valence-electron chi connectivity index (χ1n) is 7.63. The molecule has 4 rings (SSSR count). The average Bonchev–Trinajstić information content (AvgIpc) is 3.19. The van der Waals surface area contributed by atoms with Crippen LogP contribution >= 0.6 is 0 Å². The van der Waals surface area contributed by atoms with Gasteiger partial charge < -0.3 is 14.2 Å². The highest BCUT2D eigenvalue weighted by Crippen LogP contribution is 2.40. The van der Waals surface area contributed by atoms with Crippen LogP contribution in [0.2, 0.25) is 0 Å². The molecule has 0 radical (unpaired) electrons. The first kappa shape index (κ1) is 12.8. The summed E-state index contributed by atoms with van der Waals surface area (Å²) in [5.41, 5.74) is 1.29. The lowest BCUT2D eigenvalue weighted by Gasteiger charge is -2.41. The Bertz CT molecular complexity index is 586. The van der Waals surface area contributed by atoms with Crippen molar-refractivity contribution in [2.24, 2.45) is 0 Å². The average molecular weight is 284 g/mol. The van der Waals surface area contributed by atoms with Crippen molar-refractivity contribution in [3.05, 3.63) is 43.0 Å². The van der Waals surface area contributed by atoms with Crippen LogP contribution in [0.25, 0.3) is 0 Å². The zero-order valence-corrected chi connectivity index (χ0v) is 12.1. The lowest BCUT2D eigenvalue weighted by molar-refractivity contribution is -0.00687. The topological polar surface area (TPSA) is 43.2 Å². The molecule has 110 valence electrons. The van der Waals surface area contributed by atoms with E-state index in [0.29, 0.717) is 6.04 Å². The van der Waals surface area contributed by atoms with Crippen molar-refractivity contribution in [2.75, 3.05) is 24.6 Å². The Morgan fingerprint density at radius 3 is 2.76 bits per heavy atom. The van der Waals surface area contributed by atoms with Crippen LogP contribution in [0.5, 0.6) is 0 Å². The van der Waals surface area contributed by atoms with E-state index < -0.39 is 0 Å². The molecule has 1 aromatic heterocycles. The van der Waals surface area contributed by atoms with Gasteiger partial charge >= 0.3 is 0 Å². The molecule has 1 spiro atoms. The molecule has 2 saturated heterocycles. The van der Waals surface area contributed by atoms with Crippen LogP contribution in [-0.4, -0.2) is 40.1 Å². The van der Waals surface area contributed by atoms with Gasteiger partial charge in [-0.05, 0) is 25.0 Å². The number of hydrogen-bond donors (Lipinski definition) is 0. The molecule has 2 aromatic rings. The van der Waals surface area contributed by atoms with E-state index in [1.807, 2.05) is 0 Å². The van der Waals surface area contributed by atoms with Crippen LogP contribution in [0.4, 0.5) is 5.69 Å². The molecule has 0 bridgehead atoms. The van der Waals surface area contributed by atoms with Crippen LogP contribution in [0.1, 0.15) is 25.3 Å². The van der Waals surface area contributed by atoms with Crippen LogP contribution < -0.4 is 4.90 Å². The van der Waals surface area contributed by atoms with Gasteiger partial charge in [0.05, 0.1) is 18.2 Å². The second-order valence-electron chi connectivity index (χ2n) is 6.12. The second kappa shape index (κ2) is 5.15. The molecule has 5 heteroatoms. The molecule has 2 fully saturated rings. The van der Waals surface area contributed by atoms with Gasteiger partial charge in [0, 0.05) is 25.2 Å². The Hall–Kier alpha value is -1.88. The SMILES string of the molecule is c1ccc(N2CCC[C@]3(C[C@H](n4cnnc4)CO3)C2)cc1. The van der Waals surface area contributed by atoms with Crippen molar-refractivity contribution >= 4 is 5.69 Å². The van der Waals surface area contributed by atoms with E-state index in [1.54, 1.807) is 12.7 Å². The van der Waals surface area contributed by atoms with E-state index >= 15 is 0 Å². The maximum absolute atomic E-state index is 6.25. The van der Waals surface area contributed by atoms with Gasteiger partial charge in [-0.25, -0.2) is 0 Å². The fourth-order valence-electron chi connectivity index (χ4n) is 3.65. The first-order chi connectivity index (χ1) is 10.3. The van der Waals surface area contributed by atoms with Gasteiger partial charge in [0.2, 0.25) is 0 Å². The van der Waals surface area contributed by atoms with Crippen LogP contribution in [0.15, 0.2) is 43.0 Å². The second-order valence-corrected chi connectivity index (χ2v) is 6.12. The standard InChI is InChI=1S/C16H20N4O/c1-2-5-14(6-3-1)19-8-4-7-16(11-19)9-15(10-21-16)20-12-17-18-13-20/h1-3,5-6,12-13,15H,4,7-11H2/t15-,16-/m0/s1. The lowest BCUT2D eigenvalue weighted by atomic mass is 9.88. The van der Waals surface area contributed by atoms with Crippen molar-refractivity contribution in [1.82, 2.24) is 14.8 Å². The van der Waals surface area contributed by atoms with E-state index in [9.17, 15) is 0 Å². The van der Waals surface area contributed by atoms with Gasteiger partial charge in [0.1, 0.15) is 12.7 Å². The molecule has 1 aromatic carbocycles. The minimum Gasteiger partial charge on any atom is -0.371 e. The molecular weight excluding hydrogens is 264 g/mol. The molecule has 0 saturated carbocycles. The van der Waals surface area contributed by atoms with Crippen molar-refractivity contribution in [1.29, 1.82) is 0 Å². The number of benzene rings is 1. The van der Waals surface area contributed by atoms with Crippen molar-refractivity contribution in [2.45, 2.75) is 30.9 Å². The van der Waals surface area contributed by atoms with Crippen molar-refractivity contribution < 1.29 is 4.74 Å². The van der Waals surface area contributed by atoms with E-state index in [1.165, 1.54) is 12.1 Å². The third-order valence-electron chi connectivity index (χ3n) is 4.71. The third-order valence-corrected chi connectivity index (χ3v) is 4.71. The van der Waals surface area contributed by atoms with Crippen LogP contribution in [0.3, 0.4) is 0 Å². The van der Waals surface area contributed by atoms with Crippen molar-refractivity contribution in [3.63, 3.8) is 0 Å². The summed E-state index contributed by atoms with van der Waals surface area (Å²) in [6.45, 7) is 2.86. The van der Waals surface area contributed by atoms with Gasteiger partial charge in [0.25, 0.3) is 0 Å². The highest BCUT2D eigenvalue weighted by Gasteiger charge is 2.44. The predicted octanol–water partition coefficient (Wildman–Crippen LogP) is 2.28. The molecule has 3 heterocycles. The number of rotatable bonds is 2. The van der Waals surface area contributed by atoms with Gasteiger partial charge in [-0.3, -0.25) is 0 Å². The summed E-state index contributed by atoms with van der Waals surface area (Å²) in [6.07, 6.45) is 6.98. The molecule has 5 nitrogen and oxygen atoms in total. The van der Waals surface area contributed by atoms with Gasteiger partial charge in [-0.2, -0.15) is 0 Å². The maximum Gasteiger partial charge on any atom is 0.119 e. The smallest absolute Gasteiger partial charge is 0.119 e. The van der Waals surface area contributed by atoms with E-state index in [2.05, 4.69) is 50.0 Å². The first-order valence-corrected chi connectivity index (χ1v) is 7.63. The molecule has 2 aliphatic rings. The molecule has 2 atom stereocenters. The number of nitrogens with zero attached hydrogens (tertiary/aromatic N) is 4. The Morgan fingerprint density at radius 2 is 1.95 bits per heavy atom. The molecule has 0 amide bonds. The van der Waals surface area contributed by atoms with E-state index in [0.717, 1.165) is 32.5 Å². The minimum atomic E-state index is -0.0109. The summed E-state index contributed by atoms with van der Waals surface area (Å²) in [5, 5.41) is 7.82. The summed E-state index contributed by atoms with van der Waals surface area (Å²) in [7, 11) is 0. The van der Waals surface area contributed by atoms with Crippen LogP contribution in [0, 0.1) is 0 Å². The Morgan fingerprint density at radius 1 is 1.14 bits per heavy atom. The maximum atomic E-state index is 6.25. The fraction of sp³-hybridized carbons (Fsp3) is 0.500. The van der Waals surface area contributed by atoms with Crippen LogP contribution in [-0.2, 0) is 4.74 Å². The van der Waals surface area contributed by atoms with Crippen molar-refractivity contribution in [3.8, 4) is 0 Å². The van der Waals surface area contributed by atoms with E-state index in [4.69, 9.17) is 4.74 Å². The largest absolute Gasteiger partial charge is 0.371 e. The molecule has 0 aliphatic carbocycles. The Kier molecular flexibility index (Phi) is 3.15. The summed E-state index contributed by atoms with van der Waals surface area (Å²) < 4.78 is 8.33. The Balaban J connectivity index is 1.51. The molecule has 21 heavy (non-hydrogen) atoms. The number of hydrogen-bond acceptors (Lipinski definition) is 4. The molecular formula is C16H20N4O. The van der Waals surface area contributed by atoms with Gasteiger partial charge in [-0.15, -0.1) is 10.2 Å². The summed E-state index contributed by atoms with van der Waals surface area (Å²) in [6, 6.07) is 11.0. The number of para-hydroxylation sites is 1. The minimum absolute atomic E-state index is 0.0109. The molecule has 0 unspecified atom stereocenters. The zero-order valence-electron chi connectivity index (χ0n) is 12.1. The number of anilines is 1.